The standard InChI is InChI=1S/C18H17NO/c1-12-16(20)10-11-18(2,3)17(12)15-9-8-13-6-4-5-7-14(13)19-15/h4-11,17H,1H2,2-3H3. The van der Waals surface area contributed by atoms with Gasteiger partial charge in [-0.25, -0.2) is 0 Å². The number of para-hydroxylation sites is 1. The van der Waals surface area contributed by atoms with Gasteiger partial charge in [0, 0.05) is 22.6 Å². The smallest absolute Gasteiger partial charge is 0.181 e. The van der Waals surface area contributed by atoms with E-state index >= 15 is 0 Å². The molecule has 1 aliphatic carbocycles. The van der Waals surface area contributed by atoms with Crippen LogP contribution in [0.1, 0.15) is 25.5 Å². The molecule has 20 heavy (non-hydrogen) atoms. The van der Waals surface area contributed by atoms with Gasteiger partial charge in [0.2, 0.25) is 0 Å². The van der Waals surface area contributed by atoms with Crippen LogP contribution in [-0.4, -0.2) is 10.8 Å². The zero-order chi connectivity index (χ0) is 14.3. The van der Waals surface area contributed by atoms with Gasteiger partial charge in [-0.2, -0.15) is 0 Å². The van der Waals surface area contributed by atoms with E-state index in [0.29, 0.717) is 5.57 Å². The largest absolute Gasteiger partial charge is 0.290 e. The molecule has 1 aromatic carbocycles. The van der Waals surface area contributed by atoms with Crippen molar-refractivity contribution in [1.29, 1.82) is 0 Å². The van der Waals surface area contributed by atoms with Crippen molar-refractivity contribution in [3.05, 3.63) is 66.4 Å². The molecule has 0 fully saturated rings. The highest BCUT2D eigenvalue weighted by Crippen LogP contribution is 2.44. The Balaban J connectivity index is 2.16. The van der Waals surface area contributed by atoms with E-state index in [2.05, 4.69) is 26.5 Å². The van der Waals surface area contributed by atoms with Crippen LogP contribution in [-0.2, 0) is 4.79 Å². The Morgan fingerprint density at radius 2 is 1.90 bits per heavy atom. The molecule has 0 spiro atoms. The fourth-order valence-corrected chi connectivity index (χ4v) is 2.89. The van der Waals surface area contributed by atoms with Crippen molar-refractivity contribution in [1.82, 2.24) is 4.98 Å². The lowest BCUT2D eigenvalue weighted by Gasteiger charge is -2.35. The zero-order valence-electron chi connectivity index (χ0n) is 11.8. The molecule has 0 saturated carbocycles. The minimum Gasteiger partial charge on any atom is -0.290 e. The first-order valence-corrected chi connectivity index (χ1v) is 6.77. The van der Waals surface area contributed by atoms with Crippen LogP contribution in [0.25, 0.3) is 10.9 Å². The summed E-state index contributed by atoms with van der Waals surface area (Å²) >= 11 is 0. The number of benzene rings is 1. The number of nitrogens with zero attached hydrogens (tertiary/aromatic N) is 1. The molecular weight excluding hydrogens is 246 g/mol. The van der Waals surface area contributed by atoms with Gasteiger partial charge in [0.1, 0.15) is 0 Å². The summed E-state index contributed by atoms with van der Waals surface area (Å²) in [6.07, 6.45) is 3.59. The molecule has 0 saturated heterocycles. The van der Waals surface area contributed by atoms with E-state index in [4.69, 9.17) is 4.98 Å². The van der Waals surface area contributed by atoms with Crippen LogP contribution in [0.3, 0.4) is 0 Å². The first-order valence-electron chi connectivity index (χ1n) is 6.77. The Labute approximate surface area is 118 Å². The number of allylic oxidation sites excluding steroid dienone is 3. The van der Waals surface area contributed by atoms with Crippen LogP contribution in [0.4, 0.5) is 0 Å². The molecule has 0 N–H and O–H groups in total. The lowest BCUT2D eigenvalue weighted by Crippen LogP contribution is -2.29. The fraction of sp³-hybridized carbons (Fsp3) is 0.222. The number of carbonyl (C=O) groups is 1. The number of ketones is 1. The molecule has 100 valence electrons. The Hall–Kier alpha value is -2.22. The van der Waals surface area contributed by atoms with E-state index in [-0.39, 0.29) is 17.1 Å². The summed E-state index contributed by atoms with van der Waals surface area (Å²) in [6, 6.07) is 12.1. The van der Waals surface area contributed by atoms with E-state index in [1.54, 1.807) is 6.08 Å². The Morgan fingerprint density at radius 3 is 2.70 bits per heavy atom. The predicted molar refractivity (Wildman–Crippen MR) is 81.6 cm³/mol. The molecule has 0 aliphatic heterocycles. The number of rotatable bonds is 1. The Kier molecular flexibility index (Phi) is 2.82. The SMILES string of the molecule is C=C1C(=O)C=CC(C)(C)C1c1ccc2ccccc2n1. The molecule has 0 amide bonds. The monoisotopic (exact) mass is 263 g/mol. The minimum absolute atomic E-state index is 0.00397. The predicted octanol–water partition coefficient (Wildman–Crippen LogP) is 4.04. The van der Waals surface area contributed by atoms with E-state index < -0.39 is 0 Å². The third kappa shape index (κ3) is 1.97. The molecule has 1 atom stereocenters. The average Bonchev–Trinajstić information content (AvgIpc) is 2.43. The quantitative estimate of drug-likeness (QED) is 0.727. The minimum atomic E-state index is -0.152. The second-order valence-electron chi connectivity index (χ2n) is 5.91. The van der Waals surface area contributed by atoms with E-state index in [1.807, 2.05) is 36.4 Å². The summed E-state index contributed by atoms with van der Waals surface area (Å²) in [5.41, 5.74) is 2.34. The van der Waals surface area contributed by atoms with E-state index in [9.17, 15) is 4.79 Å². The summed E-state index contributed by atoms with van der Waals surface area (Å²) in [5, 5.41) is 1.11. The van der Waals surface area contributed by atoms with Gasteiger partial charge in [0.15, 0.2) is 5.78 Å². The zero-order valence-corrected chi connectivity index (χ0v) is 11.8. The second-order valence-corrected chi connectivity index (χ2v) is 5.91. The van der Waals surface area contributed by atoms with Crippen LogP contribution in [0.2, 0.25) is 0 Å². The first kappa shape index (κ1) is 12.8. The summed E-state index contributed by atoms with van der Waals surface area (Å²) in [5.74, 6) is -0.0612. The highest BCUT2D eigenvalue weighted by molar-refractivity contribution is 6.06. The molecule has 2 aromatic rings. The molecule has 1 aromatic heterocycles. The molecular formula is C18H17NO. The summed E-state index contributed by atoms with van der Waals surface area (Å²) in [4.78, 5) is 16.6. The fourth-order valence-electron chi connectivity index (χ4n) is 2.89. The van der Waals surface area contributed by atoms with E-state index in [1.165, 1.54) is 0 Å². The van der Waals surface area contributed by atoms with Crippen molar-refractivity contribution in [2.75, 3.05) is 0 Å². The number of aromatic nitrogens is 1. The van der Waals surface area contributed by atoms with Crippen molar-refractivity contribution < 1.29 is 4.79 Å². The van der Waals surface area contributed by atoms with Crippen molar-refractivity contribution in [2.24, 2.45) is 5.41 Å². The first-order chi connectivity index (χ1) is 9.49. The van der Waals surface area contributed by atoms with Crippen molar-refractivity contribution in [3.63, 3.8) is 0 Å². The maximum Gasteiger partial charge on any atom is 0.181 e. The Bertz CT molecular complexity index is 740. The van der Waals surface area contributed by atoms with Crippen LogP contribution in [0.5, 0.6) is 0 Å². The van der Waals surface area contributed by atoms with Gasteiger partial charge in [-0.1, -0.05) is 50.8 Å². The van der Waals surface area contributed by atoms with E-state index in [0.717, 1.165) is 16.6 Å². The number of fused-ring (bicyclic) bond motifs is 1. The molecule has 1 unspecified atom stereocenters. The van der Waals surface area contributed by atoms with Gasteiger partial charge in [0.05, 0.1) is 5.52 Å². The number of hydrogen-bond donors (Lipinski definition) is 0. The molecule has 1 heterocycles. The number of carbonyl (C=O) groups excluding carboxylic acids is 1. The van der Waals surface area contributed by atoms with Crippen LogP contribution in [0.15, 0.2) is 60.7 Å². The topological polar surface area (TPSA) is 30.0 Å². The van der Waals surface area contributed by atoms with Gasteiger partial charge in [-0.05, 0) is 23.6 Å². The van der Waals surface area contributed by atoms with Gasteiger partial charge in [-0.3, -0.25) is 9.78 Å². The maximum atomic E-state index is 11.9. The Morgan fingerprint density at radius 1 is 1.15 bits per heavy atom. The third-order valence-corrected chi connectivity index (χ3v) is 3.99. The summed E-state index contributed by atoms with van der Waals surface area (Å²) < 4.78 is 0. The highest BCUT2D eigenvalue weighted by Gasteiger charge is 2.37. The van der Waals surface area contributed by atoms with Crippen LogP contribution >= 0.6 is 0 Å². The molecule has 0 bridgehead atoms. The van der Waals surface area contributed by atoms with Crippen molar-refractivity contribution in [2.45, 2.75) is 19.8 Å². The lowest BCUT2D eigenvalue weighted by atomic mass is 9.68. The molecule has 3 rings (SSSR count). The van der Waals surface area contributed by atoms with Gasteiger partial charge >= 0.3 is 0 Å². The van der Waals surface area contributed by atoms with Gasteiger partial charge in [-0.15, -0.1) is 0 Å². The third-order valence-electron chi connectivity index (χ3n) is 3.99. The maximum absolute atomic E-state index is 11.9. The number of pyridine rings is 1. The molecule has 2 heteroatoms. The van der Waals surface area contributed by atoms with Gasteiger partial charge < -0.3 is 0 Å². The molecule has 0 radical (unpaired) electrons. The summed E-state index contributed by atoms with van der Waals surface area (Å²) in [6.45, 7) is 8.22. The average molecular weight is 263 g/mol. The lowest BCUT2D eigenvalue weighted by molar-refractivity contribution is -0.112. The number of hydrogen-bond acceptors (Lipinski definition) is 2. The molecule has 2 nitrogen and oxygen atoms in total. The molecule has 1 aliphatic rings. The van der Waals surface area contributed by atoms with Crippen LogP contribution < -0.4 is 0 Å². The highest BCUT2D eigenvalue weighted by atomic mass is 16.1. The van der Waals surface area contributed by atoms with Crippen molar-refractivity contribution >= 4 is 16.7 Å². The van der Waals surface area contributed by atoms with Crippen molar-refractivity contribution in [3.8, 4) is 0 Å². The van der Waals surface area contributed by atoms with Gasteiger partial charge in [0.25, 0.3) is 0 Å². The normalized spacial score (nSPS) is 21.4. The second kappa shape index (κ2) is 4.41. The summed E-state index contributed by atoms with van der Waals surface area (Å²) in [7, 11) is 0. The van der Waals surface area contributed by atoms with Crippen LogP contribution in [0, 0.1) is 5.41 Å².